The lowest BCUT2D eigenvalue weighted by Crippen LogP contribution is -2.17. The summed E-state index contributed by atoms with van der Waals surface area (Å²) < 4.78 is 89.7. The molecule has 0 saturated carbocycles. The fourth-order valence-corrected chi connectivity index (χ4v) is 5.11. The highest BCUT2D eigenvalue weighted by Crippen LogP contribution is 2.32. The molecule has 0 unspecified atom stereocenters. The van der Waals surface area contributed by atoms with Crippen molar-refractivity contribution in [1.82, 2.24) is 0 Å². The number of alkyl halides is 6. The summed E-state index contributed by atoms with van der Waals surface area (Å²) in [6, 6.07) is 30.5. The maximum Gasteiger partial charge on any atom is 0.573 e. The number of ketones is 1. The Bertz CT molecular complexity index is 2180. The summed E-state index contributed by atoms with van der Waals surface area (Å²) in [7, 11) is 0. The fourth-order valence-electron chi connectivity index (χ4n) is 5.11. The van der Waals surface area contributed by atoms with Crippen LogP contribution in [0.2, 0.25) is 0 Å². The fraction of sp³-hybridized carbons (Fsp3) is 0.103. The molecule has 6 aromatic carbocycles. The molecular formula is C39H26F6O6. The zero-order chi connectivity index (χ0) is 36.6. The lowest BCUT2D eigenvalue weighted by atomic mass is 10.0. The summed E-state index contributed by atoms with van der Waals surface area (Å²) in [5, 5.41) is 2.87. The van der Waals surface area contributed by atoms with Crippen molar-refractivity contribution in [3.63, 3.8) is 0 Å². The normalized spacial score (nSPS) is 11.3. The first kappa shape index (κ1) is 36.1. The van der Waals surface area contributed by atoms with Crippen LogP contribution >= 0.6 is 0 Å². The first-order chi connectivity index (χ1) is 24.4. The molecule has 0 aliphatic heterocycles. The van der Waals surface area contributed by atoms with Gasteiger partial charge in [-0.1, -0.05) is 60.7 Å². The number of halogens is 6. The Morgan fingerprint density at radius 1 is 0.588 bits per heavy atom. The Kier molecular flexibility index (Phi) is 11.0. The third-order valence-corrected chi connectivity index (χ3v) is 7.51. The van der Waals surface area contributed by atoms with E-state index in [9.17, 15) is 40.7 Å². The van der Waals surface area contributed by atoms with Gasteiger partial charge in [0.05, 0.1) is 5.56 Å². The van der Waals surface area contributed by atoms with E-state index < -0.39 is 29.6 Å². The van der Waals surface area contributed by atoms with E-state index in [2.05, 4.69) is 4.74 Å². The standard InChI is InChI=1S/C20H13F3O4.C19H13F3O2/c21-20(22,23)27-15-8-5-13(6-9-15)18(25)12-26-19-10-7-14(11-24)16-3-1-2-4-17(16)19;20-19(21,22)15-5-3-4-13(10-15)12-24-18-9-8-14(11-23)16-6-1-2-7-17(16)18/h1-11H,12H2;1-11H,12H2. The van der Waals surface area contributed by atoms with Crippen molar-refractivity contribution < 1.29 is 54.9 Å². The molecule has 6 aromatic rings. The molecule has 0 aliphatic rings. The maximum absolute atomic E-state index is 12.7. The third-order valence-electron chi connectivity index (χ3n) is 7.51. The molecule has 0 saturated heterocycles. The van der Waals surface area contributed by atoms with Crippen molar-refractivity contribution in [1.29, 1.82) is 0 Å². The lowest BCUT2D eigenvalue weighted by Gasteiger charge is -2.12. The van der Waals surface area contributed by atoms with Gasteiger partial charge in [0.2, 0.25) is 0 Å². The SMILES string of the molecule is O=Cc1ccc(OCC(=O)c2ccc(OC(F)(F)F)cc2)c2ccccc12.O=Cc1ccc(OCc2cccc(C(F)(F)F)c2)c2ccccc12. The van der Waals surface area contributed by atoms with Crippen LogP contribution in [0.15, 0.2) is 121 Å². The molecule has 0 amide bonds. The third kappa shape index (κ3) is 9.30. The van der Waals surface area contributed by atoms with Crippen molar-refractivity contribution in [2.75, 3.05) is 6.61 Å². The molecule has 0 heterocycles. The second-order valence-corrected chi connectivity index (χ2v) is 10.9. The number of fused-ring (bicyclic) bond motifs is 2. The van der Waals surface area contributed by atoms with Gasteiger partial charge in [-0.05, 0) is 77.0 Å². The smallest absolute Gasteiger partial charge is 0.488 e. The van der Waals surface area contributed by atoms with Gasteiger partial charge in [0.1, 0.15) is 23.9 Å². The highest BCUT2D eigenvalue weighted by molar-refractivity contribution is 6.02. The van der Waals surface area contributed by atoms with Gasteiger partial charge >= 0.3 is 12.5 Å². The lowest BCUT2D eigenvalue weighted by molar-refractivity contribution is -0.274. The van der Waals surface area contributed by atoms with Crippen LogP contribution in [0.3, 0.4) is 0 Å². The van der Waals surface area contributed by atoms with Gasteiger partial charge in [-0.2, -0.15) is 13.2 Å². The quantitative estimate of drug-likeness (QED) is 0.0803. The number of aldehydes is 2. The van der Waals surface area contributed by atoms with Gasteiger partial charge in [0.15, 0.2) is 25.0 Å². The van der Waals surface area contributed by atoms with E-state index in [0.29, 0.717) is 39.0 Å². The zero-order valence-corrected chi connectivity index (χ0v) is 26.3. The summed E-state index contributed by atoms with van der Waals surface area (Å²) in [6.45, 7) is -0.293. The molecule has 0 fully saturated rings. The molecule has 0 atom stereocenters. The molecule has 0 bridgehead atoms. The van der Waals surface area contributed by atoms with Gasteiger partial charge in [-0.15, -0.1) is 13.2 Å². The molecule has 0 aromatic heterocycles. The van der Waals surface area contributed by atoms with Gasteiger partial charge < -0.3 is 14.2 Å². The Morgan fingerprint density at radius 3 is 1.63 bits per heavy atom. The topological polar surface area (TPSA) is 78.9 Å². The van der Waals surface area contributed by atoms with Gasteiger partial charge in [-0.25, -0.2) is 0 Å². The maximum atomic E-state index is 12.7. The number of hydrogen-bond acceptors (Lipinski definition) is 6. The average molecular weight is 705 g/mol. The van der Waals surface area contributed by atoms with Crippen molar-refractivity contribution in [2.24, 2.45) is 0 Å². The summed E-state index contributed by atoms with van der Waals surface area (Å²) >= 11 is 0. The summed E-state index contributed by atoms with van der Waals surface area (Å²) in [5.41, 5.74) is 0.957. The van der Waals surface area contributed by atoms with Crippen LogP contribution in [0.4, 0.5) is 26.3 Å². The van der Waals surface area contributed by atoms with E-state index in [0.717, 1.165) is 47.6 Å². The summed E-state index contributed by atoms with van der Waals surface area (Å²) in [5.74, 6) is 0.141. The van der Waals surface area contributed by atoms with Crippen LogP contribution in [0.25, 0.3) is 21.5 Å². The first-order valence-electron chi connectivity index (χ1n) is 15.1. The Morgan fingerprint density at radius 2 is 1.12 bits per heavy atom. The summed E-state index contributed by atoms with van der Waals surface area (Å²) in [4.78, 5) is 34.4. The molecule has 0 spiro atoms. The van der Waals surface area contributed by atoms with Crippen molar-refractivity contribution in [3.05, 3.63) is 149 Å². The monoisotopic (exact) mass is 704 g/mol. The molecule has 0 radical (unpaired) electrons. The second-order valence-electron chi connectivity index (χ2n) is 10.9. The minimum Gasteiger partial charge on any atom is -0.488 e. The van der Waals surface area contributed by atoms with Crippen molar-refractivity contribution in [3.8, 4) is 17.2 Å². The minimum atomic E-state index is -4.79. The highest BCUT2D eigenvalue weighted by atomic mass is 19.4. The van der Waals surface area contributed by atoms with Gasteiger partial charge in [0.25, 0.3) is 0 Å². The molecular weight excluding hydrogens is 678 g/mol. The number of hydrogen-bond donors (Lipinski definition) is 0. The molecule has 12 heteroatoms. The largest absolute Gasteiger partial charge is 0.573 e. The van der Waals surface area contributed by atoms with E-state index in [4.69, 9.17) is 9.47 Å². The van der Waals surface area contributed by atoms with Crippen LogP contribution in [0.5, 0.6) is 17.2 Å². The molecule has 6 rings (SSSR count). The van der Waals surface area contributed by atoms with E-state index in [1.807, 2.05) is 18.2 Å². The predicted molar refractivity (Wildman–Crippen MR) is 177 cm³/mol. The number of rotatable bonds is 10. The van der Waals surface area contributed by atoms with Crippen LogP contribution < -0.4 is 14.2 Å². The number of Topliss-reactive ketones (excluding diaryl/α,β-unsaturated/α-hetero) is 1. The van der Waals surface area contributed by atoms with E-state index in [-0.39, 0.29) is 18.8 Å². The molecule has 51 heavy (non-hydrogen) atoms. The average Bonchev–Trinajstić information content (AvgIpc) is 3.12. The van der Waals surface area contributed by atoms with Gasteiger partial charge in [0, 0.05) is 27.5 Å². The van der Waals surface area contributed by atoms with Gasteiger partial charge in [-0.3, -0.25) is 14.4 Å². The van der Waals surface area contributed by atoms with E-state index >= 15 is 0 Å². The Balaban J connectivity index is 0.000000199. The number of carbonyl (C=O) groups excluding carboxylic acids is 3. The van der Waals surface area contributed by atoms with Crippen molar-refractivity contribution >= 4 is 39.9 Å². The predicted octanol–water partition coefficient (Wildman–Crippen LogP) is 10.1. The highest BCUT2D eigenvalue weighted by Gasteiger charge is 2.31. The molecule has 6 nitrogen and oxygen atoms in total. The number of benzene rings is 6. The number of ether oxygens (including phenoxy) is 3. The first-order valence-corrected chi connectivity index (χ1v) is 15.1. The zero-order valence-electron chi connectivity index (χ0n) is 26.3. The van der Waals surface area contributed by atoms with Crippen LogP contribution in [-0.4, -0.2) is 31.3 Å². The second kappa shape index (κ2) is 15.6. The number of carbonyl (C=O) groups is 3. The van der Waals surface area contributed by atoms with E-state index in [1.54, 1.807) is 60.7 Å². The van der Waals surface area contributed by atoms with Crippen LogP contribution in [-0.2, 0) is 12.8 Å². The van der Waals surface area contributed by atoms with E-state index in [1.165, 1.54) is 18.2 Å². The molecule has 260 valence electrons. The molecule has 0 aliphatic carbocycles. The Hall–Kier alpha value is -6.17. The van der Waals surface area contributed by atoms with Crippen molar-refractivity contribution in [2.45, 2.75) is 19.1 Å². The molecule has 0 N–H and O–H groups in total. The summed E-state index contributed by atoms with van der Waals surface area (Å²) in [6.07, 6.45) is -7.67. The van der Waals surface area contributed by atoms with Crippen LogP contribution in [0.1, 0.15) is 42.2 Å². The minimum absolute atomic E-state index is 0.00828. The van der Waals surface area contributed by atoms with Crippen LogP contribution in [0, 0.1) is 0 Å². The Labute approximate surface area is 286 Å².